The Morgan fingerprint density at radius 2 is 1.38 bits per heavy atom. The van der Waals surface area contributed by atoms with Crippen LogP contribution in [0.25, 0.3) is 33.7 Å². The molecule has 2 nitrogen and oxygen atoms in total. The molecule has 4 heteroatoms. The maximum absolute atomic E-state index is 13.1. The fourth-order valence-corrected chi connectivity index (χ4v) is 2.70. The van der Waals surface area contributed by atoms with Gasteiger partial charge in [0.2, 0.25) is 0 Å². The van der Waals surface area contributed by atoms with Crippen molar-refractivity contribution in [3.8, 4) is 22.6 Å². The molecule has 0 saturated heterocycles. The highest BCUT2D eigenvalue weighted by molar-refractivity contribution is 5.84. The van der Waals surface area contributed by atoms with Crippen LogP contribution in [-0.2, 0) is 0 Å². The van der Waals surface area contributed by atoms with Crippen molar-refractivity contribution in [2.45, 2.75) is 6.92 Å². The first-order valence-corrected chi connectivity index (χ1v) is 7.53. The Morgan fingerprint density at radius 1 is 0.792 bits per heavy atom. The molecule has 0 fully saturated rings. The van der Waals surface area contributed by atoms with Crippen LogP contribution < -0.4 is 0 Å². The molecular formula is C20H13F2NO. The van der Waals surface area contributed by atoms with E-state index in [1.54, 1.807) is 24.3 Å². The second-order valence-electron chi connectivity index (χ2n) is 5.66. The van der Waals surface area contributed by atoms with Crippen molar-refractivity contribution >= 4 is 11.1 Å². The predicted molar refractivity (Wildman–Crippen MR) is 89.5 cm³/mol. The van der Waals surface area contributed by atoms with Crippen molar-refractivity contribution in [1.29, 1.82) is 0 Å². The predicted octanol–water partition coefficient (Wildman–Crippen LogP) is 5.75. The first-order valence-electron chi connectivity index (χ1n) is 7.53. The molecule has 0 aliphatic heterocycles. The summed E-state index contributed by atoms with van der Waals surface area (Å²) in [6, 6.07) is 16.1. The van der Waals surface area contributed by atoms with Gasteiger partial charge >= 0.3 is 0 Å². The number of aromatic nitrogens is 1. The average Bonchev–Trinajstić information content (AvgIpc) is 3.01. The lowest BCUT2D eigenvalue weighted by Crippen LogP contribution is -1.86. The minimum absolute atomic E-state index is 0.279. The molecule has 2 heterocycles. The summed E-state index contributed by atoms with van der Waals surface area (Å²) in [5, 5.41) is 0. The van der Waals surface area contributed by atoms with Crippen LogP contribution >= 0.6 is 0 Å². The number of rotatable bonds is 2. The lowest BCUT2D eigenvalue weighted by Gasteiger charge is -2.03. The molecular weight excluding hydrogens is 308 g/mol. The number of hydrogen-bond donors (Lipinski definition) is 0. The van der Waals surface area contributed by atoms with Gasteiger partial charge in [-0.25, -0.2) is 13.8 Å². The zero-order valence-electron chi connectivity index (χ0n) is 12.9. The van der Waals surface area contributed by atoms with Gasteiger partial charge in [0.1, 0.15) is 22.9 Å². The van der Waals surface area contributed by atoms with Crippen molar-refractivity contribution in [2.75, 3.05) is 0 Å². The summed E-state index contributed by atoms with van der Waals surface area (Å²) in [5.74, 6) is 0.0677. The summed E-state index contributed by atoms with van der Waals surface area (Å²) in [5.41, 5.74) is 4.73. The van der Waals surface area contributed by atoms with Crippen LogP contribution in [0.1, 0.15) is 5.56 Å². The van der Waals surface area contributed by atoms with Crippen molar-refractivity contribution in [3.05, 3.63) is 77.9 Å². The number of pyridine rings is 1. The highest BCUT2D eigenvalue weighted by Gasteiger charge is 2.12. The number of nitrogens with zero attached hydrogens (tertiary/aromatic N) is 1. The van der Waals surface area contributed by atoms with Crippen LogP contribution in [0.5, 0.6) is 0 Å². The molecule has 0 unspecified atom stereocenters. The molecule has 0 radical (unpaired) electrons. The van der Waals surface area contributed by atoms with E-state index in [1.165, 1.54) is 24.3 Å². The molecule has 24 heavy (non-hydrogen) atoms. The maximum atomic E-state index is 13.1. The molecule has 118 valence electrons. The number of halogens is 2. The van der Waals surface area contributed by atoms with Crippen LogP contribution in [0.4, 0.5) is 8.78 Å². The number of benzene rings is 2. The SMILES string of the molecule is Cc1cc(-c2ccc(F)cc2)nc2cc(-c3ccc(F)cc3)oc12. The van der Waals surface area contributed by atoms with Gasteiger partial charge < -0.3 is 4.42 Å². The molecule has 4 aromatic rings. The van der Waals surface area contributed by atoms with Gasteiger partial charge in [-0.3, -0.25) is 0 Å². The van der Waals surface area contributed by atoms with Crippen molar-refractivity contribution in [3.63, 3.8) is 0 Å². The van der Waals surface area contributed by atoms with E-state index in [1.807, 2.05) is 19.1 Å². The third kappa shape index (κ3) is 2.56. The van der Waals surface area contributed by atoms with Crippen LogP contribution in [0, 0.1) is 18.6 Å². The summed E-state index contributed by atoms with van der Waals surface area (Å²) in [4.78, 5) is 4.61. The van der Waals surface area contributed by atoms with E-state index in [0.717, 1.165) is 22.4 Å². The van der Waals surface area contributed by atoms with Crippen LogP contribution in [0.15, 0.2) is 65.1 Å². The Morgan fingerprint density at radius 3 is 2.00 bits per heavy atom. The number of hydrogen-bond acceptors (Lipinski definition) is 2. The van der Waals surface area contributed by atoms with E-state index in [2.05, 4.69) is 4.98 Å². The van der Waals surface area contributed by atoms with Gasteiger partial charge in [-0.1, -0.05) is 0 Å². The third-order valence-electron chi connectivity index (χ3n) is 3.93. The van der Waals surface area contributed by atoms with Crippen molar-refractivity contribution in [2.24, 2.45) is 0 Å². The van der Waals surface area contributed by atoms with Gasteiger partial charge in [0.05, 0.1) is 5.69 Å². The molecule has 0 atom stereocenters. The fraction of sp³-hybridized carbons (Fsp3) is 0.0500. The molecule has 0 aliphatic carbocycles. The van der Waals surface area contributed by atoms with Gasteiger partial charge in [0, 0.05) is 17.2 Å². The number of aryl methyl sites for hydroxylation is 1. The van der Waals surface area contributed by atoms with E-state index >= 15 is 0 Å². The number of fused-ring (bicyclic) bond motifs is 1. The quantitative estimate of drug-likeness (QED) is 0.470. The van der Waals surface area contributed by atoms with Gasteiger partial charge in [0.15, 0.2) is 5.58 Å². The Labute approximate surface area is 137 Å². The van der Waals surface area contributed by atoms with E-state index in [-0.39, 0.29) is 11.6 Å². The maximum Gasteiger partial charge on any atom is 0.156 e. The Hall–Kier alpha value is -3.01. The van der Waals surface area contributed by atoms with Gasteiger partial charge in [-0.15, -0.1) is 0 Å². The highest BCUT2D eigenvalue weighted by atomic mass is 19.1. The number of furan rings is 1. The van der Waals surface area contributed by atoms with Crippen LogP contribution in [-0.4, -0.2) is 4.98 Å². The van der Waals surface area contributed by atoms with Gasteiger partial charge in [-0.2, -0.15) is 0 Å². The molecule has 2 aromatic carbocycles. The molecule has 0 N–H and O–H groups in total. The van der Waals surface area contributed by atoms with Gasteiger partial charge in [0.25, 0.3) is 0 Å². The Kier molecular flexibility index (Phi) is 3.38. The summed E-state index contributed by atoms with van der Waals surface area (Å²) in [7, 11) is 0. The van der Waals surface area contributed by atoms with Crippen molar-refractivity contribution in [1.82, 2.24) is 4.98 Å². The highest BCUT2D eigenvalue weighted by Crippen LogP contribution is 2.31. The Bertz CT molecular complexity index is 1020. The first-order chi connectivity index (χ1) is 11.6. The van der Waals surface area contributed by atoms with E-state index < -0.39 is 0 Å². The summed E-state index contributed by atoms with van der Waals surface area (Å²) in [6.07, 6.45) is 0. The van der Waals surface area contributed by atoms with Crippen LogP contribution in [0.3, 0.4) is 0 Å². The molecule has 2 aromatic heterocycles. The molecule has 0 spiro atoms. The lowest BCUT2D eigenvalue weighted by atomic mass is 10.1. The fourth-order valence-electron chi connectivity index (χ4n) is 2.70. The largest absolute Gasteiger partial charge is 0.454 e. The minimum Gasteiger partial charge on any atom is -0.454 e. The molecule has 0 saturated carbocycles. The normalized spacial score (nSPS) is 11.1. The van der Waals surface area contributed by atoms with Crippen molar-refractivity contribution < 1.29 is 13.2 Å². The standard InChI is InChI=1S/C20H13F2NO/c1-12-10-17(13-2-6-15(21)7-3-13)23-18-11-19(24-20(12)18)14-4-8-16(22)9-5-14/h2-11H,1H3. The second kappa shape index (κ2) is 5.57. The molecule has 4 rings (SSSR count). The summed E-state index contributed by atoms with van der Waals surface area (Å²) in [6.45, 7) is 1.94. The smallest absolute Gasteiger partial charge is 0.156 e. The monoisotopic (exact) mass is 321 g/mol. The minimum atomic E-state index is -0.289. The molecule has 0 bridgehead atoms. The first kappa shape index (κ1) is 14.6. The molecule has 0 aliphatic rings. The topological polar surface area (TPSA) is 26.0 Å². The van der Waals surface area contributed by atoms with E-state index in [9.17, 15) is 8.78 Å². The van der Waals surface area contributed by atoms with Gasteiger partial charge in [-0.05, 0) is 67.1 Å². The van der Waals surface area contributed by atoms with E-state index in [0.29, 0.717) is 16.9 Å². The zero-order valence-corrected chi connectivity index (χ0v) is 12.9. The van der Waals surface area contributed by atoms with Crippen LogP contribution in [0.2, 0.25) is 0 Å². The zero-order chi connectivity index (χ0) is 16.7. The second-order valence-corrected chi connectivity index (χ2v) is 5.66. The Balaban J connectivity index is 1.83. The summed E-state index contributed by atoms with van der Waals surface area (Å²) >= 11 is 0. The third-order valence-corrected chi connectivity index (χ3v) is 3.93. The molecule has 0 amide bonds. The van der Waals surface area contributed by atoms with E-state index in [4.69, 9.17) is 4.42 Å². The summed E-state index contributed by atoms with van der Waals surface area (Å²) < 4.78 is 32.1. The average molecular weight is 321 g/mol. The lowest BCUT2D eigenvalue weighted by molar-refractivity contribution is 0.621.